The third kappa shape index (κ3) is 3.85. The average molecular weight is 365 g/mol. The quantitative estimate of drug-likeness (QED) is 0.816. The Labute approximate surface area is 146 Å². The van der Waals surface area contributed by atoms with Gasteiger partial charge in [-0.15, -0.1) is 0 Å². The van der Waals surface area contributed by atoms with Crippen LogP contribution in [0.1, 0.15) is 21.5 Å². The molecule has 2 aromatic rings. The van der Waals surface area contributed by atoms with Crippen LogP contribution in [0.25, 0.3) is 0 Å². The number of benzene rings is 2. The number of methoxy groups -OCH3 is 2. The lowest BCUT2D eigenvalue weighted by Crippen LogP contribution is -2.16. The van der Waals surface area contributed by atoms with Crippen molar-refractivity contribution < 1.29 is 27.8 Å². The molecule has 0 atom stereocenters. The summed E-state index contributed by atoms with van der Waals surface area (Å²) in [6.07, 6.45) is 0. The fraction of sp³-hybridized carbons (Fsp3) is 0.235. The van der Waals surface area contributed by atoms with Gasteiger partial charge in [-0.1, -0.05) is 0 Å². The number of hydrogen-bond donors (Lipinski definition) is 2. The van der Waals surface area contributed by atoms with Crippen molar-refractivity contribution in [3.8, 4) is 11.5 Å². The van der Waals surface area contributed by atoms with E-state index in [1.807, 2.05) is 0 Å². The van der Waals surface area contributed by atoms with E-state index in [0.717, 1.165) is 6.07 Å². The molecule has 134 valence electrons. The van der Waals surface area contributed by atoms with Crippen molar-refractivity contribution in [1.82, 2.24) is 0 Å². The van der Waals surface area contributed by atoms with Crippen LogP contribution in [0.15, 0.2) is 35.2 Å². The maximum absolute atomic E-state index is 12.8. The van der Waals surface area contributed by atoms with E-state index in [9.17, 15) is 18.3 Å². The maximum atomic E-state index is 12.8. The van der Waals surface area contributed by atoms with Crippen LogP contribution in [0.5, 0.6) is 11.5 Å². The molecule has 0 radical (unpaired) electrons. The van der Waals surface area contributed by atoms with Gasteiger partial charge < -0.3 is 14.6 Å². The molecule has 0 saturated carbocycles. The summed E-state index contributed by atoms with van der Waals surface area (Å²) < 4.78 is 38.3. The highest BCUT2D eigenvalue weighted by Crippen LogP contribution is 2.32. The number of nitrogens with one attached hydrogen (secondary N) is 1. The molecule has 0 bridgehead atoms. The smallest absolute Gasteiger partial charge is 0.335 e. The standard InChI is InChI=1S/C17H19NO6S/c1-10-7-12(17(19)20)8-16(11(10)2)25(21,22)18-14-6-5-13(23-3)9-15(14)24-4/h5-9,18H,1-4H3,(H,19,20). The number of aromatic carboxylic acids is 1. The van der Waals surface area contributed by atoms with Gasteiger partial charge in [0.15, 0.2) is 0 Å². The van der Waals surface area contributed by atoms with Crippen LogP contribution >= 0.6 is 0 Å². The van der Waals surface area contributed by atoms with Crippen LogP contribution in [0.3, 0.4) is 0 Å². The van der Waals surface area contributed by atoms with Crippen LogP contribution in [-0.2, 0) is 10.0 Å². The van der Waals surface area contributed by atoms with E-state index in [2.05, 4.69) is 4.72 Å². The van der Waals surface area contributed by atoms with Gasteiger partial charge in [0.05, 0.1) is 30.4 Å². The molecular weight excluding hydrogens is 346 g/mol. The average Bonchev–Trinajstić information content (AvgIpc) is 2.56. The molecule has 0 aromatic heterocycles. The predicted molar refractivity (Wildman–Crippen MR) is 93.2 cm³/mol. The lowest BCUT2D eigenvalue weighted by Gasteiger charge is -2.15. The van der Waals surface area contributed by atoms with Crippen LogP contribution in [0.4, 0.5) is 5.69 Å². The van der Waals surface area contributed by atoms with Gasteiger partial charge in [0.2, 0.25) is 0 Å². The number of rotatable bonds is 6. The van der Waals surface area contributed by atoms with E-state index in [0.29, 0.717) is 16.9 Å². The van der Waals surface area contributed by atoms with E-state index in [4.69, 9.17) is 9.47 Å². The topological polar surface area (TPSA) is 102 Å². The number of carbonyl (C=O) groups is 1. The molecule has 25 heavy (non-hydrogen) atoms. The van der Waals surface area contributed by atoms with Gasteiger partial charge in [0.25, 0.3) is 10.0 Å². The van der Waals surface area contributed by atoms with Gasteiger partial charge in [-0.2, -0.15) is 0 Å². The number of aryl methyl sites for hydroxylation is 1. The third-order valence-electron chi connectivity index (χ3n) is 3.81. The van der Waals surface area contributed by atoms with E-state index in [1.54, 1.807) is 26.0 Å². The zero-order valence-electron chi connectivity index (χ0n) is 14.3. The van der Waals surface area contributed by atoms with Gasteiger partial charge in [0, 0.05) is 6.07 Å². The fourth-order valence-corrected chi connectivity index (χ4v) is 3.73. The Morgan fingerprint density at radius 2 is 1.76 bits per heavy atom. The molecule has 0 aliphatic heterocycles. The lowest BCUT2D eigenvalue weighted by atomic mass is 10.1. The van der Waals surface area contributed by atoms with Crippen molar-refractivity contribution in [2.45, 2.75) is 18.7 Å². The maximum Gasteiger partial charge on any atom is 0.335 e. The van der Waals surface area contributed by atoms with Crippen molar-refractivity contribution in [2.75, 3.05) is 18.9 Å². The van der Waals surface area contributed by atoms with Crippen molar-refractivity contribution in [3.63, 3.8) is 0 Å². The minimum atomic E-state index is -4.01. The number of ether oxygens (including phenoxy) is 2. The Morgan fingerprint density at radius 1 is 1.08 bits per heavy atom. The molecule has 0 unspecified atom stereocenters. The Balaban J connectivity index is 2.52. The van der Waals surface area contributed by atoms with Crippen molar-refractivity contribution in [2.24, 2.45) is 0 Å². The van der Waals surface area contributed by atoms with Crippen LogP contribution < -0.4 is 14.2 Å². The molecule has 2 rings (SSSR count). The van der Waals surface area contributed by atoms with Gasteiger partial charge in [-0.25, -0.2) is 13.2 Å². The molecular formula is C17H19NO6S. The summed E-state index contributed by atoms with van der Waals surface area (Å²) in [5.41, 5.74) is 1.18. The SMILES string of the molecule is COc1ccc(NS(=O)(=O)c2cc(C(=O)O)cc(C)c2C)c(OC)c1. The van der Waals surface area contributed by atoms with Crippen molar-refractivity contribution in [3.05, 3.63) is 47.0 Å². The van der Waals surface area contributed by atoms with Crippen molar-refractivity contribution in [1.29, 1.82) is 0 Å². The molecule has 0 heterocycles. The summed E-state index contributed by atoms with van der Waals surface area (Å²) in [6.45, 7) is 3.29. The van der Waals surface area contributed by atoms with E-state index in [1.165, 1.54) is 26.4 Å². The first-order valence-corrected chi connectivity index (χ1v) is 8.77. The molecule has 0 amide bonds. The van der Waals surface area contributed by atoms with Crippen LogP contribution in [-0.4, -0.2) is 33.7 Å². The van der Waals surface area contributed by atoms with Gasteiger partial charge in [-0.3, -0.25) is 4.72 Å². The Morgan fingerprint density at radius 3 is 2.32 bits per heavy atom. The normalized spacial score (nSPS) is 11.0. The van der Waals surface area contributed by atoms with E-state index < -0.39 is 16.0 Å². The summed E-state index contributed by atoms with van der Waals surface area (Å²) in [5, 5.41) is 9.17. The molecule has 0 aliphatic rings. The summed E-state index contributed by atoms with van der Waals surface area (Å²) >= 11 is 0. The molecule has 0 aliphatic carbocycles. The first kappa shape index (κ1) is 18.6. The van der Waals surface area contributed by atoms with Gasteiger partial charge >= 0.3 is 5.97 Å². The molecule has 0 saturated heterocycles. The predicted octanol–water partition coefficient (Wildman–Crippen LogP) is 2.82. The first-order valence-electron chi connectivity index (χ1n) is 7.29. The Hall–Kier alpha value is -2.74. The number of sulfonamides is 1. The fourth-order valence-electron chi connectivity index (χ4n) is 2.31. The monoisotopic (exact) mass is 365 g/mol. The van der Waals surface area contributed by atoms with E-state index in [-0.39, 0.29) is 21.9 Å². The van der Waals surface area contributed by atoms with Crippen LogP contribution in [0.2, 0.25) is 0 Å². The molecule has 0 spiro atoms. The highest BCUT2D eigenvalue weighted by Gasteiger charge is 2.22. The largest absolute Gasteiger partial charge is 0.497 e. The minimum Gasteiger partial charge on any atom is -0.497 e. The molecule has 7 nitrogen and oxygen atoms in total. The highest BCUT2D eigenvalue weighted by molar-refractivity contribution is 7.92. The number of anilines is 1. The second-order valence-corrected chi connectivity index (χ2v) is 7.04. The summed E-state index contributed by atoms with van der Waals surface area (Å²) in [7, 11) is -1.11. The number of carboxylic acid groups (broad SMARTS) is 1. The Bertz CT molecular complexity index is 921. The second kappa shape index (κ2) is 7.02. The number of carboxylic acids is 1. The zero-order chi connectivity index (χ0) is 18.8. The van der Waals surface area contributed by atoms with Crippen LogP contribution in [0, 0.1) is 13.8 Å². The Kier molecular flexibility index (Phi) is 5.22. The summed E-state index contributed by atoms with van der Waals surface area (Å²) in [6, 6.07) is 7.22. The summed E-state index contributed by atoms with van der Waals surface area (Å²) in [5.74, 6) is -0.395. The van der Waals surface area contributed by atoms with Gasteiger partial charge in [0.1, 0.15) is 11.5 Å². The lowest BCUT2D eigenvalue weighted by molar-refractivity contribution is 0.0696. The third-order valence-corrected chi connectivity index (χ3v) is 5.30. The zero-order valence-corrected chi connectivity index (χ0v) is 15.1. The highest BCUT2D eigenvalue weighted by atomic mass is 32.2. The van der Waals surface area contributed by atoms with E-state index >= 15 is 0 Å². The minimum absolute atomic E-state index is 0.0924. The second-order valence-electron chi connectivity index (χ2n) is 5.39. The summed E-state index contributed by atoms with van der Waals surface area (Å²) in [4.78, 5) is 11.1. The van der Waals surface area contributed by atoms with Crippen molar-refractivity contribution >= 4 is 21.7 Å². The van der Waals surface area contributed by atoms with Gasteiger partial charge in [-0.05, 0) is 49.2 Å². The number of hydrogen-bond acceptors (Lipinski definition) is 5. The molecule has 2 N–H and O–H groups in total. The molecule has 8 heteroatoms. The molecule has 0 fully saturated rings. The molecule has 2 aromatic carbocycles. The first-order chi connectivity index (χ1) is 11.7.